The molecular formula is C30H33N3O3. The molecule has 1 atom stereocenters. The van der Waals surface area contributed by atoms with Gasteiger partial charge in [0.05, 0.1) is 6.10 Å². The third-order valence-electron chi connectivity index (χ3n) is 6.33. The van der Waals surface area contributed by atoms with Crippen LogP contribution in [0.3, 0.4) is 0 Å². The highest BCUT2D eigenvalue weighted by Gasteiger charge is 2.20. The molecule has 2 amide bonds. The number of anilines is 2. The topological polar surface area (TPSA) is 61.9 Å². The van der Waals surface area contributed by atoms with Crippen LogP contribution in [0.1, 0.15) is 36.2 Å². The number of nitrogens with one attached hydrogen (secondary N) is 1. The summed E-state index contributed by atoms with van der Waals surface area (Å²) < 4.78 is 5.78. The normalized spacial score (nSPS) is 14.5. The molecule has 1 aliphatic heterocycles. The van der Waals surface area contributed by atoms with Crippen molar-refractivity contribution in [1.82, 2.24) is 4.90 Å². The molecule has 0 aromatic heterocycles. The molecule has 0 spiro atoms. The second-order valence-corrected chi connectivity index (χ2v) is 8.92. The third kappa shape index (κ3) is 6.75. The van der Waals surface area contributed by atoms with E-state index in [-0.39, 0.29) is 17.9 Å². The lowest BCUT2D eigenvalue weighted by molar-refractivity contribution is -0.126. The lowest BCUT2D eigenvalue weighted by Gasteiger charge is -2.35. The van der Waals surface area contributed by atoms with Gasteiger partial charge in [-0.1, -0.05) is 37.3 Å². The van der Waals surface area contributed by atoms with Gasteiger partial charge in [-0.25, -0.2) is 0 Å². The maximum Gasteiger partial charge on any atom is 0.255 e. The van der Waals surface area contributed by atoms with E-state index in [1.165, 1.54) is 0 Å². The van der Waals surface area contributed by atoms with E-state index in [1.54, 1.807) is 18.2 Å². The average Bonchev–Trinajstić information content (AvgIpc) is 2.93. The van der Waals surface area contributed by atoms with Crippen LogP contribution in [-0.4, -0.2) is 49.0 Å². The van der Waals surface area contributed by atoms with Gasteiger partial charge in [0.2, 0.25) is 5.91 Å². The molecule has 1 unspecified atom stereocenters. The van der Waals surface area contributed by atoms with Crippen LogP contribution < -0.4 is 15.0 Å². The molecule has 36 heavy (non-hydrogen) atoms. The quantitative estimate of drug-likeness (QED) is 0.431. The molecule has 6 heteroatoms. The second kappa shape index (κ2) is 12.1. The third-order valence-corrected chi connectivity index (χ3v) is 6.33. The van der Waals surface area contributed by atoms with Gasteiger partial charge in [0, 0.05) is 49.2 Å². The molecule has 1 aliphatic rings. The molecule has 1 fully saturated rings. The number of amides is 2. The molecule has 1 heterocycles. The summed E-state index contributed by atoms with van der Waals surface area (Å²) in [5, 5.41) is 2.95. The zero-order chi connectivity index (χ0) is 25.3. The highest BCUT2D eigenvalue weighted by atomic mass is 16.5. The van der Waals surface area contributed by atoms with Crippen LogP contribution in [0.15, 0.2) is 84.9 Å². The van der Waals surface area contributed by atoms with E-state index in [0.717, 1.165) is 42.2 Å². The summed E-state index contributed by atoms with van der Waals surface area (Å²) in [6.07, 6.45) is 4.58. The van der Waals surface area contributed by atoms with Crippen molar-refractivity contribution in [3.05, 3.63) is 96.1 Å². The number of carbonyl (C=O) groups excluding carboxylic acids is 2. The number of benzene rings is 3. The minimum Gasteiger partial charge on any atom is -0.491 e. The molecule has 0 bridgehead atoms. The molecule has 1 saturated heterocycles. The van der Waals surface area contributed by atoms with Crippen LogP contribution in [0.2, 0.25) is 0 Å². The van der Waals surface area contributed by atoms with Gasteiger partial charge in [0.1, 0.15) is 5.75 Å². The Morgan fingerprint density at radius 2 is 1.58 bits per heavy atom. The predicted octanol–water partition coefficient (Wildman–Crippen LogP) is 5.48. The van der Waals surface area contributed by atoms with Gasteiger partial charge < -0.3 is 19.9 Å². The predicted molar refractivity (Wildman–Crippen MR) is 145 cm³/mol. The Hall–Kier alpha value is -4.06. The summed E-state index contributed by atoms with van der Waals surface area (Å²) >= 11 is 0. The maximum atomic E-state index is 12.6. The first kappa shape index (κ1) is 25.0. The van der Waals surface area contributed by atoms with Gasteiger partial charge in [-0.15, -0.1) is 0 Å². The number of nitrogens with zero attached hydrogens (tertiary/aromatic N) is 2. The standard InChI is InChI=1S/C30H33N3O3/c1-3-23(2)36-28-16-10-25(11-17-28)30(35)31-26-12-14-27(15-13-26)32-19-21-33(22-20-32)29(34)18-9-24-7-5-4-6-8-24/h4-18,23H,3,19-22H2,1-2H3,(H,31,35)/b18-9+. The van der Waals surface area contributed by atoms with E-state index >= 15 is 0 Å². The molecule has 3 aromatic carbocycles. The number of carbonyl (C=O) groups is 2. The first-order chi connectivity index (χ1) is 17.5. The Labute approximate surface area is 213 Å². The Morgan fingerprint density at radius 3 is 2.22 bits per heavy atom. The van der Waals surface area contributed by atoms with E-state index < -0.39 is 0 Å². The second-order valence-electron chi connectivity index (χ2n) is 8.92. The van der Waals surface area contributed by atoms with Gasteiger partial charge in [-0.05, 0) is 73.5 Å². The van der Waals surface area contributed by atoms with Gasteiger partial charge >= 0.3 is 0 Å². The molecule has 0 saturated carbocycles. The molecule has 6 nitrogen and oxygen atoms in total. The summed E-state index contributed by atoms with van der Waals surface area (Å²) in [4.78, 5) is 29.3. The lowest BCUT2D eigenvalue weighted by atomic mass is 10.2. The average molecular weight is 484 g/mol. The first-order valence-corrected chi connectivity index (χ1v) is 12.5. The van der Waals surface area contributed by atoms with Gasteiger partial charge in [0.15, 0.2) is 0 Å². The van der Waals surface area contributed by atoms with E-state index in [2.05, 4.69) is 17.1 Å². The minimum atomic E-state index is -0.159. The largest absolute Gasteiger partial charge is 0.491 e. The van der Waals surface area contributed by atoms with Crippen LogP contribution in [0.4, 0.5) is 11.4 Å². The number of rotatable bonds is 8. The summed E-state index contributed by atoms with van der Waals surface area (Å²) in [6.45, 7) is 6.97. The summed E-state index contributed by atoms with van der Waals surface area (Å²) in [5.74, 6) is 0.642. The zero-order valence-electron chi connectivity index (χ0n) is 20.9. The molecular weight excluding hydrogens is 450 g/mol. The van der Waals surface area contributed by atoms with Gasteiger partial charge in [0.25, 0.3) is 5.91 Å². The minimum absolute atomic E-state index is 0.0380. The lowest BCUT2D eigenvalue weighted by Crippen LogP contribution is -2.48. The van der Waals surface area contributed by atoms with Gasteiger partial charge in [-0.2, -0.15) is 0 Å². The zero-order valence-corrected chi connectivity index (χ0v) is 20.9. The Balaban J connectivity index is 1.26. The van der Waals surface area contributed by atoms with Crippen molar-refractivity contribution < 1.29 is 14.3 Å². The molecule has 3 aromatic rings. The van der Waals surface area contributed by atoms with Crippen LogP contribution in [0, 0.1) is 0 Å². The van der Waals surface area contributed by atoms with Crippen molar-refractivity contribution >= 4 is 29.3 Å². The Kier molecular flexibility index (Phi) is 8.40. The summed E-state index contributed by atoms with van der Waals surface area (Å²) in [5.41, 5.74) is 3.41. The van der Waals surface area contributed by atoms with Crippen molar-refractivity contribution in [3.63, 3.8) is 0 Å². The number of hydrogen-bond donors (Lipinski definition) is 1. The monoisotopic (exact) mass is 483 g/mol. The fraction of sp³-hybridized carbons (Fsp3) is 0.267. The van der Waals surface area contributed by atoms with E-state index in [4.69, 9.17) is 4.74 Å². The fourth-order valence-electron chi connectivity index (χ4n) is 3.98. The molecule has 1 N–H and O–H groups in total. The van der Waals surface area contributed by atoms with Crippen molar-refractivity contribution in [2.24, 2.45) is 0 Å². The molecule has 0 radical (unpaired) electrons. The van der Waals surface area contributed by atoms with Crippen molar-refractivity contribution in [2.45, 2.75) is 26.4 Å². The Bertz CT molecular complexity index is 1170. The van der Waals surface area contributed by atoms with Crippen molar-refractivity contribution in [2.75, 3.05) is 36.4 Å². The van der Waals surface area contributed by atoms with Crippen LogP contribution in [0.5, 0.6) is 5.75 Å². The molecule has 186 valence electrons. The van der Waals surface area contributed by atoms with E-state index in [9.17, 15) is 9.59 Å². The fourth-order valence-corrected chi connectivity index (χ4v) is 3.98. The number of ether oxygens (including phenoxy) is 1. The molecule has 0 aliphatic carbocycles. The van der Waals surface area contributed by atoms with Crippen LogP contribution >= 0.6 is 0 Å². The van der Waals surface area contributed by atoms with Gasteiger partial charge in [-0.3, -0.25) is 9.59 Å². The Morgan fingerprint density at radius 1 is 0.917 bits per heavy atom. The summed E-state index contributed by atoms with van der Waals surface area (Å²) in [7, 11) is 0. The first-order valence-electron chi connectivity index (χ1n) is 12.5. The smallest absolute Gasteiger partial charge is 0.255 e. The van der Waals surface area contributed by atoms with Crippen LogP contribution in [-0.2, 0) is 4.79 Å². The van der Waals surface area contributed by atoms with Crippen molar-refractivity contribution in [3.8, 4) is 5.75 Å². The van der Waals surface area contributed by atoms with Crippen molar-refractivity contribution in [1.29, 1.82) is 0 Å². The van der Waals surface area contributed by atoms with Crippen LogP contribution in [0.25, 0.3) is 6.08 Å². The highest BCUT2D eigenvalue weighted by molar-refractivity contribution is 6.04. The highest BCUT2D eigenvalue weighted by Crippen LogP contribution is 2.21. The molecule has 4 rings (SSSR count). The number of piperazine rings is 1. The van der Waals surface area contributed by atoms with E-state index in [1.807, 2.05) is 84.6 Å². The van der Waals surface area contributed by atoms with E-state index in [0.29, 0.717) is 18.7 Å². The number of hydrogen-bond acceptors (Lipinski definition) is 4. The summed E-state index contributed by atoms with van der Waals surface area (Å²) in [6, 6.07) is 24.9. The SMILES string of the molecule is CCC(C)Oc1ccc(C(=O)Nc2ccc(N3CCN(C(=O)/C=C/c4ccccc4)CC3)cc2)cc1. The maximum absolute atomic E-state index is 12.6.